The number of benzene rings is 1. The predicted molar refractivity (Wildman–Crippen MR) is 101 cm³/mol. The fourth-order valence-electron chi connectivity index (χ4n) is 2.45. The minimum atomic E-state index is -0.0112. The van der Waals surface area contributed by atoms with Gasteiger partial charge >= 0.3 is 0 Å². The molecule has 0 aliphatic rings. The Bertz CT molecular complexity index is 801. The summed E-state index contributed by atoms with van der Waals surface area (Å²) in [6.45, 7) is 1.23. The highest BCUT2D eigenvalue weighted by molar-refractivity contribution is 7.10. The quantitative estimate of drug-likeness (QED) is 0.609. The molecule has 3 rings (SSSR count). The molecule has 0 saturated heterocycles. The van der Waals surface area contributed by atoms with Crippen LogP contribution in [0.5, 0.6) is 0 Å². The van der Waals surface area contributed by atoms with E-state index in [1.807, 2.05) is 40.6 Å². The van der Waals surface area contributed by atoms with Gasteiger partial charge in [-0.05, 0) is 35.8 Å². The van der Waals surface area contributed by atoms with Crippen LogP contribution in [0, 0.1) is 0 Å². The number of hydrogen-bond donors (Lipinski definition) is 0. The molecule has 0 radical (unpaired) electrons. The summed E-state index contributed by atoms with van der Waals surface area (Å²) in [5, 5.41) is 2.73. The second-order valence-electron chi connectivity index (χ2n) is 5.55. The highest BCUT2D eigenvalue weighted by Crippen LogP contribution is 2.10. The van der Waals surface area contributed by atoms with E-state index >= 15 is 0 Å². The molecule has 25 heavy (non-hydrogen) atoms. The fraction of sp³-hybridized carbons (Fsp3) is 0.150. The van der Waals surface area contributed by atoms with Gasteiger partial charge in [0.2, 0.25) is 5.91 Å². The van der Waals surface area contributed by atoms with Crippen LogP contribution in [0.25, 0.3) is 6.08 Å². The van der Waals surface area contributed by atoms with Crippen LogP contribution in [-0.4, -0.2) is 27.3 Å². The van der Waals surface area contributed by atoms with E-state index in [9.17, 15) is 4.79 Å². The lowest BCUT2D eigenvalue weighted by Crippen LogP contribution is -2.31. The van der Waals surface area contributed by atoms with Gasteiger partial charge in [0.1, 0.15) is 5.01 Å². The number of hydrogen-bond acceptors (Lipinski definition) is 4. The van der Waals surface area contributed by atoms with Crippen LogP contribution in [0.4, 0.5) is 0 Å². The van der Waals surface area contributed by atoms with E-state index in [-0.39, 0.29) is 5.91 Å². The maximum absolute atomic E-state index is 12.7. The van der Waals surface area contributed by atoms with Crippen LogP contribution in [0.2, 0.25) is 0 Å². The van der Waals surface area contributed by atoms with Crippen molar-refractivity contribution in [3.63, 3.8) is 0 Å². The Morgan fingerprint density at radius 2 is 1.84 bits per heavy atom. The molecular formula is C20H19N3OS. The molecule has 0 bridgehead atoms. The first kappa shape index (κ1) is 17.0. The minimum Gasteiger partial charge on any atom is -0.334 e. The van der Waals surface area contributed by atoms with E-state index in [0.29, 0.717) is 13.1 Å². The first-order chi connectivity index (χ1) is 12.3. The lowest BCUT2D eigenvalue weighted by Gasteiger charge is -2.21. The number of carbonyl (C=O) groups excluding carboxylic acids is 1. The second-order valence-corrected chi connectivity index (χ2v) is 6.48. The van der Waals surface area contributed by atoms with E-state index < -0.39 is 0 Å². The Hall–Kier alpha value is -2.79. The zero-order valence-corrected chi connectivity index (χ0v) is 14.6. The van der Waals surface area contributed by atoms with Gasteiger partial charge < -0.3 is 4.90 Å². The molecule has 0 unspecified atom stereocenters. The maximum atomic E-state index is 12.7. The van der Waals surface area contributed by atoms with Crippen molar-refractivity contribution in [2.75, 3.05) is 6.54 Å². The Labute approximate surface area is 151 Å². The van der Waals surface area contributed by atoms with Crippen molar-refractivity contribution in [2.24, 2.45) is 0 Å². The lowest BCUT2D eigenvalue weighted by molar-refractivity contribution is -0.126. The van der Waals surface area contributed by atoms with Crippen LogP contribution in [0.1, 0.15) is 16.1 Å². The molecular weight excluding hydrogens is 330 g/mol. The molecule has 0 aliphatic heterocycles. The van der Waals surface area contributed by atoms with Gasteiger partial charge in [0.25, 0.3) is 0 Å². The van der Waals surface area contributed by atoms with Gasteiger partial charge in [-0.1, -0.05) is 30.3 Å². The van der Waals surface area contributed by atoms with Gasteiger partial charge in [0.15, 0.2) is 0 Å². The van der Waals surface area contributed by atoms with E-state index in [1.54, 1.807) is 30.7 Å². The lowest BCUT2D eigenvalue weighted by atomic mass is 10.1. The zero-order chi connectivity index (χ0) is 17.3. The number of pyridine rings is 1. The van der Waals surface area contributed by atoms with Gasteiger partial charge in [-0.2, -0.15) is 0 Å². The molecule has 0 aliphatic carbocycles. The van der Waals surface area contributed by atoms with Crippen LogP contribution in [-0.2, 0) is 17.8 Å². The largest absolute Gasteiger partial charge is 0.334 e. The molecule has 0 spiro atoms. The summed E-state index contributed by atoms with van der Waals surface area (Å²) in [4.78, 5) is 22.7. The van der Waals surface area contributed by atoms with Crippen molar-refractivity contribution >= 4 is 23.3 Å². The van der Waals surface area contributed by atoms with Crippen LogP contribution in [0.15, 0.2) is 72.5 Å². The Kier molecular flexibility index (Phi) is 6.06. The predicted octanol–water partition coefficient (Wildman–Crippen LogP) is 3.82. The van der Waals surface area contributed by atoms with Crippen LogP contribution < -0.4 is 0 Å². The number of rotatable bonds is 7. The zero-order valence-electron chi connectivity index (χ0n) is 13.8. The molecule has 126 valence electrons. The number of nitrogens with zero attached hydrogens (tertiary/aromatic N) is 3. The van der Waals surface area contributed by atoms with E-state index in [4.69, 9.17) is 0 Å². The van der Waals surface area contributed by atoms with E-state index in [1.165, 1.54) is 16.9 Å². The summed E-state index contributed by atoms with van der Waals surface area (Å²) in [6, 6.07) is 14.1. The normalized spacial score (nSPS) is 10.9. The summed E-state index contributed by atoms with van der Waals surface area (Å²) >= 11 is 1.51. The Morgan fingerprint density at radius 3 is 2.56 bits per heavy atom. The smallest absolute Gasteiger partial charge is 0.246 e. The third-order valence-corrected chi connectivity index (χ3v) is 4.51. The van der Waals surface area contributed by atoms with Crippen molar-refractivity contribution in [3.05, 3.63) is 88.6 Å². The standard InChI is InChI=1S/C20H19N3OS/c24-20(7-6-19-22-13-15-25-19)23(16-18-8-11-21-12-9-18)14-10-17-4-2-1-3-5-17/h1-9,11-13,15H,10,14,16H2/b7-6+. The van der Waals surface area contributed by atoms with Crippen molar-refractivity contribution in [3.8, 4) is 0 Å². The molecule has 4 nitrogen and oxygen atoms in total. The van der Waals surface area contributed by atoms with Gasteiger partial charge in [-0.15, -0.1) is 11.3 Å². The molecule has 0 fully saturated rings. The summed E-state index contributed by atoms with van der Waals surface area (Å²) in [7, 11) is 0. The molecule has 2 aromatic heterocycles. The van der Waals surface area contributed by atoms with Crippen LogP contribution >= 0.6 is 11.3 Å². The first-order valence-corrected chi connectivity index (χ1v) is 8.98. The number of carbonyl (C=O) groups is 1. The van der Waals surface area contributed by atoms with Crippen molar-refractivity contribution in [1.82, 2.24) is 14.9 Å². The average molecular weight is 349 g/mol. The van der Waals surface area contributed by atoms with Crippen molar-refractivity contribution < 1.29 is 4.79 Å². The van der Waals surface area contributed by atoms with Crippen LogP contribution in [0.3, 0.4) is 0 Å². The van der Waals surface area contributed by atoms with E-state index in [0.717, 1.165) is 17.0 Å². The van der Waals surface area contributed by atoms with Gasteiger partial charge in [0.05, 0.1) is 0 Å². The van der Waals surface area contributed by atoms with Crippen molar-refractivity contribution in [2.45, 2.75) is 13.0 Å². The highest BCUT2D eigenvalue weighted by Gasteiger charge is 2.12. The summed E-state index contributed by atoms with van der Waals surface area (Å²) in [5.74, 6) is -0.0112. The summed E-state index contributed by atoms with van der Waals surface area (Å²) in [6.07, 6.45) is 9.43. The van der Waals surface area contributed by atoms with E-state index in [2.05, 4.69) is 22.1 Å². The monoisotopic (exact) mass is 349 g/mol. The van der Waals surface area contributed by atoms with Gasteiger partial charge in [-0.3, -0.25) is 9.78 Å². The Morgan fingerprint density at radius 1 is 1.04 bits per heavy atom. The third kappa shape index (κ3) is 5.36. The highest BCUT2D eigenvalue weighted by atomic mass is 32.1. The van der Waals surface area contributed by atoms with Gasteiger partial charge in [0, 0.05) is 43.1 Å². The Balaban J connectivity index is 1.69. The maximum Gasteiger partial charge on any atom is 0.246 e. The topological polar surface area (TPSA) is 46.1 Å². The first-order valence-electron chi connectivity index (χ1n) is 8.10. The fourth-order valence-corrected chi connectivity index (χ4v) is 2.98. The van der Waals surface area contributed by atoms with Gasteiger partial charge in [-0.25, -0.2) is 4.98 Å². The second kappa shape index (κ2) is 8.89. The summed E-state index contributed by atoms with van der Waals surface area (Å²) in [5.41, 5.74) is 2.29. The third-order valence-electron chi connectivity index (χ3n) is 3.77. The molecule has 0 atom stereocenters. The molecule has 3 aromatic rings. The molecule has 2 heterocycles. The molecule has 5 heteroatoms. The molecule has 0 saturated carbocycles. The summed E-state index contributed by atoms with van der Waals surface area (Å²) < 4.78 is 0. The molecule has 0 N–H and O–H groups in total. The minimum absolute atomic E-state index is 0.0112. The molecule has 1 aromatic carbocycles. The number of aromatic nitrogens is 2. The number of amides is 1. The average Bonchev–Trinajstić information content (AvgIpc) is 3.18. The van der Waals surface area contributed by atoms with Crippen molar-refractivity contribution in [1.29, 1.82) is 0 Å². The number of thiazole rings is 1. The SMILES string of the molecule is O=C(/C=C/c1nccs1)N(CCc1ccccc1)Cc1ccncc1. The molecule has 1 amide bonds.